The van der Waals surface area contributed by atoms with Crippen LogP contribution in [0.15, 0.2) is 24.0 Å². The Morgan fingerprint density at radius 1 is 1.75 bits per heavy atom. The highest BCUT2D eigenvalue weighted by Gasteiger charge is 2.04. The maximum atomic E-state index is 5.61. The molecule has 3 N–H and O–H groups in total. The lowest BCUT2D eigenvalue weighted by atomic mass is 10.3. The van der Waals surface area contributed by atoms with Crippen LogP contribution >= 0.6 is 11.6 Å². The monoisotopic (exact) mass is 130 g/mol. The molecule has 1 unspecified atom stereocenters. The van der Waals surface area contributed by atoms with Crippen LogP contribution in [-0.4, -0.2) is 5.50 Å². The molecule has 0 spiro atoms. The molecule has 0 aliphatic carbocycles. The van der Waals surface area contributed by atoms with Gasteiger partial charge in [0.25, 0.3) is 0 Å². The van der Waals surface area contributed by atoms with Gasteiger partial charge in [-0.3, -0.25) is 0 Å². The quantitative estimate of drug-likeness (QED) is 0.371. The molecule has 1 heterocycles. The maximum Gasteiger partial charge on any atom is 0.141 e. The zero-order chi connectivity index (χ0) is 5.98. The smallest absolute Gasteiger partial charge is 0.141 e. The van der Waals surface area contributed by atoms with Crippen molar-refractivity contribution in [3.63, 3.8) is 0 Å². The van der Waals surface area contributed by atoms with E-state index in [1.54, 1.807) is 12.3 Å². The Balaban J connectivity index is 2.66. The summed E-state index contributed by atoms with van der Waals surface area (Å²) in [5, 5.41) is 2.82. The molecule has 0 radical (unpaired) electrons. The molecule has 0 amide bonds. The summed E-state index contributed by atoms with van der Waals surface area (Å²) in [6.45, 7) is 0. The van der Waals surface area contributed by atoms with Gasteiger partial charge < -0.3 is 11.1 Å². The first-order chi connectivity index (χ1) is 3.80. The van der Waals surface area contributed by atoms with Crippen molar-refractivity contribution in [2.24, 2.45) is 5.73 Å². The molecular formula is C5H7ClN2. The van der Waals surface area contributed by atoms with Crippen LogP contribution in [-0.2, 0) is 0 Å². The second-order valence-corrected chi connectivity index (χ2v) is 1.99. The number of alkyl halides is 1. The molecule has 0 aromatic carbocycles. The largest absolute Gasteiger partial charge is 0.399 e. The van der Waals surface area contributed by atoms with Crippen molar-refractivity contribution >= 4 is 11.6 Å². The van der Waals surface area contributed by atoms with Crippen molar-refractivity contribution in [2.45, 2.75) is 5.50 Å². The van der Waals surface area contributed by atoms with Gasteiger partial charge in [0.15, 0.2) is 0 Å². The lowest BCUT2D eigenvalue weighted by molar-refractivity contribution is 0.840. The Bertz CT molecular complexity index is 139. The van der Waals surface area contributed by atoms with Crippen LogP contribution in [0.1, 0.15) is 0 Å². The van der Waals surface area contributed by atoms with E-state index in [0.29, 0.717) is 5.70 Å². The summed E-state index contributed by atoms with van der Waals surface area (Å²) >= 11 is 5.61. The van der Waals surface area contributed by atoms with E-state index in [9.17, 15) is 0 Å². The van der Waals surface area contributed by atoms with Crippen LogP contribution in [0.25, 0.3) is 0 Å². The van der Waals surface area contributed by atoms with Gasteiger partial charge in [-0.15, -0.1) is 0 Å². The van der Waals surface area contributed by atoms with Crippen molar-refractivity contribution in [2.75, 3.05) is 0 Å². The molecule has 0 bridgehead atoms. The Kier molecular flexibility index (Phi) is 1.44. The molecule has 2 nitrogen and oxygen atoms in total. The highest BCUT2D eigenvalue weighted by molar-refractivity contribution is 6.22. The Labute approximate surface area is 53.0 Å². The third-order valence-corrected chi connectivity index (χ3v) is 1.30. The van der Waals surface area contributed by atoms with Gasteiger partial charge in [0.1, 0.15) is 5.50 Å². The minimum atomic E-state index is -0.222. The summed E-state index contributed by atoms with van der Waals surface area (Å²) in [6, 6.07) is 0. The van der Waals surface area contributed by atoms with Crippen molar-refractivity contribution in [1.29, 1.82) is 0 Å². The van der Waals surface area contributed by atoms with Gasteiger partial charge in [-0.1, -0.05) is 11.6 Å². The van der Waals surface area contributed by atoms with E-state index in [1.807, 2.05) is 6.08 Å². The summed E-state index contributed by atoms with van der Waals surface area (Å²) in [4.78, 5) is 0. The number of dihydropyridines is 1. The Hall–Kier alpha value is -0.630. The van der Waals surface area contributed by atoms with Gasteiger partial charge in [0, 0.05) is 5.70 Å². The molecular weight excluding hydrogens is 124 g/mol. The SMILES string of the molecule is NC1=CC=CNC1Cl. The van der Waals surface area contributed by atoms with E-state index < -0.39 is 0 Å². The Morgan fingerprint density at radius 2 is 2.50 bits per heavy atom. The third kappa shape index (κ3) is 0.954. The minimum Gasteiger partial charge on any atom is -0.399 e. The molecule has 0 saturated carbocycles. The fourth-order valence-electron chi connectivity index (χ4n) is 0.480. The van der Waals surface area contributed by atoms with E-state index in [0.717, 1.165) is 0 Å². The lowest BCUT2D eigenvalue weighted by Gasteiger charge is -2.11. The van der Waals surface area contributed by atoms with Crippen molar-refractivity contribution < 1.29 is 0 Å². The summed E-state index contributed by atoms with van der Waals surface area (Å²) in [5.41, 5.74) is 5.83. The number of hydrogen-bond donors (Lipinski definition) is 2. The number of halogens is 1. The molecule has 0 aromatic heterocycles. The van der Waals surface area contributed by atoms with Crippen LogP contribution < -0.4 is 11.1 Å². The van der Waals surface area contributed by atoms with Crippen molar-refractivity contribution in [1.82, 2.24) is 5.32 Å². The predicted molar refractivity (Wildman–Crippen MR) is 34.2 cm³/mol. The van der Waals surface area contributed by atoms with Crippen LogP contribution in [0.5, 0.6) is 0 Å². The molecule has 0 saturated heterocycles. The van der Waals surface area contributed by atoms with Crippen molar-refractivity contribution in [3.8, 4) is 0 Å². The van der Waals surface area contributed by atoms with Crippen LogP contribution in [0.2, 0.25) is 0 Å². The number of rotatable bonds is 0. The third-order valence-electron chi connectivity index (χ3n) is 0.920. The molecule has 0 fully saturated rings. The topological polar surface area (TPSA) is 38.0 Å². The summed E-state index contributed by atoms with van der Waals surface area (Å²) in [7, 11) is 0. The second-order valence-electron chi connectivity index (χ2n) is 1.56. The first kappa shape index (κ1) is 5.51. The zero-order valence-corrected chi connectivity index (χ0v) is 5.02. The lowest BCUT2D eigenvalue weighted by Crippen LogP contribution is -2.26. The van der Waals surface area contributed by atoms with Crippen LogP contribution in [0.3, 0.4) is 0 Å². The first-order valence-electron chi connectivity index (χ1n) is 2.33. The predicted octanol–water partition coefficient (Wildman–Crippen LogP) is 0.511. The fraction of sp³-hybridized carbons (Fsp3) is 0.200. The standard InChI is InChI=1S/C5H7ClN2/c6-5-4(7)2-1-3-8-5/h1-3,5,8H,7H2. The van der Waals surface area contributed by atoms with E-state index >= 15 is 0 Å². The van der Waals surface area contributed by atoms with E-state index in [-0.39, 0.29) is 5.50 Å². The summed E-state index contributed by atoms with van der Waals surface area (Å²) < 4.78 is 0. The van der Waals surface area contributed by atoms with Crippen LogP contribution in [0, 0.1) is 0 Å². The molecule has 0 aromatic rings. The van der Waals surface area contributed by atoms with Gasteiger partial charge in [0.2, 0.25) is 0 Å². The Morgan fingerprint density at radius 3 is 2.88 bits per heavy atom. The molecule has 8 heavy (non-hydrogen) atoms. The van der Waals surface area contributed by atoms with Gasteiger partial charge in [0.05, 0.1) is 0 Å². The molecule has 1 rings (SSSR count). The first-order valence-corrected chi connectivity index (χ1v) is 2.76. The molecule has 1 aliphatic heterocycles. The highest BCUT2D eigenvalue weighted by Crippen LogP contribution is 2.03. The summed E-state index contributed by atoms with van der Waals surface area (Å²) in [5.74, 6) is 0. The maximum absolute atomic E-state index is 5.61. The average molecular weight is 131 g/mol. The molecule has 1 atom stereocenters. The average Bonchev–Trinajstić information content (AvgIpc) is 1.77. The minimum absolute atomic E-state index is 0.222. The van der Waals surface area contributed by atoms with Crippen molar-refractivity contribution in [3.05, 3.63) is 24.0 Å². The normalized spacial score (nSPS) is 26.6. The molecule has 44 valence electrons. The highest BCUT2D eigenvalue weighted by atomic mass is 35.5. The molecule has 3 heteroatoms. The van der Waals surface area contributed by atoms with E-state index in [1.165, 1.54) is 0 Å². The van der Waals surface area contributed by atoms with E-state index in [4.69, 9.17) is 17.3 Å². The zero-order valence-electron chi connectivity index (χ0n) is 4.26. The number of hydrogen-bond acceptors (Lipinski definition) is 2. The van der Waals surface area contributed by atoms with Gasteiger partial charge in [-0.2, -0.15) is 0 Å². The second kappa shape index (κ2) is 2.09. The number of nitrogens with one attached hydrogen (secondary N) is 1. The fourth-order valence-corrected chi connectivity index (χ4v) is 0.625. The van der Waals surface area contributed by atoms with Gasteiger partial charge in [-0.05, 0) is 18.4 Å². The van der Waals surface area contributed by atoms with Gasteiger partial charge >= 0.3 is 0 Å². The van der Waals surface area contributed by atoms with Gasteiger partial charge in [-0.25, -0.2) is 0 Å². The number of nitrogens with two attached hydrogens (primary N) is 1. The molecule has 1 aliphatic rings. The van der Waals surface area contributed by atoms with Crippen LogP contribution in [0.4, 0.5) is 0 Å². The summed E-state index contributed by atoms with van der Waals surface area (Å²) in [6.07, 6.45) is 5.34. The number of allylic oxidation sites excluding steroid dienone is 2. The van der Waals surface area contributed by atoms with E-state index in [2.05, 4.69) is 5.32 Å².